The molecule has 114 valence electrons. The van der Waals surface area contributed by atoms with Crippen LogP contribution in [-0.2, 0) is 17.6 Å². The summed E-state index contributed by atoms with van der Waals surface area (Å²) in [5.74, 6) is 1.00. The van der Waals surface area contributed by atoms with E-state index in [0.717, 1.165) is 41.2 Å². The molecule has 3 nitrogen and oxygen atoms in total. The molecular weight excluding hydrogens is 276 g/mol. The van der Waals surface area contributed by atoms with Crippen LogP contribution in [0.2, 0.25) is 0 Å². The number of aromatic hydroxyl groups is 1. The zero-order chi connectivity index (χ0) is 15.9. The predicted molar refractivity (Wildman–Crippen MR) is 87.3 cm³/mol. The zero-order valence-electron chi connectivity index (χ0n) is 13.0. The molecule has 3 heteroatoms. The largest absolute Gasteiger partial charge is 0.507 e. The van der Waals surface area contributed by atoms with E-state index in [1.807, 2.05) is 24.3 Å². The number of phenolic OH excluding ortho intramolecular Hbond substituents is 1. The SMILES string of the molecule is C=C(C)C(=O)Oc1c2c(c(O)c3ccccc13)CCC(C)C2. The third kappa shape index (κ3) is 2.37. The van der Waals surface area contributed by atoms with Crippen LogP contribution >= 0.6 is 0 Å². The summed E-state index contributed by atoms with van der Waals surface area (Å²) in [4.78, 5) is 12.0. The van der Waals surface area contributed by atoms with E-state index in [-0.39, 0.29) is 0 Å². The van der Waals surface area contributed by atoms with Crippen molar-refractivity contribution in [1.82, 2.24) is 0 Å². The summed E-state index contributed by atoms with van der Waals surface area (Å²) in [6.07, 6.45) is 2.66. The van der Waals surface area contributed by atoms with Crippen LogP contribution in [0.5, 0.6) is 11.5 Å². The minimum atomic E-state index is -0.420. The summed E-state index contributed by atoms with van der Waals surface area (Å²) in [6.45, 7) is 7.47. The van der Waals surface area contributed by atoms with Crippen molar-refractivity contribution in [2.75, 3.05) is 0 Å². The molecule has 0 radical (unpaired) electrons. The Labute approximate surface area is 130 Å². The molecule has 2 aromatic carbocycles. The second-order valence-electron chi connectivity index (χ2n) is 6.20. The van der Waals surface area contributed by atoms with Gasteiger partial charge in [0.25, 0.3) is 0 Å². The number of carbonyl (C=O) groups excluding carboxylic acids is 1. The Bertz CT molecular complexity index is 774. The lowest BCUT2D eigenvalue weighted by atomic mass is 9.82. The van der Waals surface area contributed by atoms with Gasteiger partial charge in [0.15, 0.2) is 0 Å². The number of benzene rings is 2. The quantitative estimate of drug-likeness (QED) is 0.514. The van der Waals surface area contributed by atoms with Crippen LogP contribution in [0.25, 0.3) is 10.8 Å². The molecule has 22 heavy (non-hydrogen) atoms. The molecule has 3 rings (SSSR count). The van der Waals surface area contributed by atoms with Gasteiger partial charge in [0, 0.05) is 27.5 Å². The van der Waals surface area contributed by atoms with E-state index >= 15 is 0 Å². The van der Waals surface area contributed by atoms with Gasteiger partial charge >= 0.3 is 5.97 Å². The van der Waals surface area contributed by atoms with Gasteiger partial charge in [-0.3, -0.25) is 0 Å². The maximum Gasteiger partial charge on any atom is 0.338 e. The number of esters is 1. The fraction of sp³-hybridized carbons (Fsp3) is 0.316. The van der Waals surface area contributed by atoms with Crippen molar-refractivity contribution in [3.8, 4) is 11.5 Å². The third-order valence-corrected chi connectivity index (χ3v) is 4.33. The minimum Gasteiger partial charge on any atom is -0.507 e. The fourth-order valence-corrected chi connectivity index (χ4v) is 3.12. The summed E-state index contributed by atoms with van der Waals surface area (Å²) in [6, 6.07) is 7.51. The third-order valence-electron chi connectivity index (χ3n) is 4.33. The summed E-state index contributed by atoms with van der Waals surface area (Å²) in [5.41, 5.74) is 2.25. The molecule has 1 atom stereocenters. The van der Waals surface area contributed by atoms with Crippen LogP contribution in [0.1, 0.15) is 31.4 Å². The van der Waals surface area contributed by atoms with Crippen molar-refractivity contribution in [2.45, 2.75) is 33.1 Å². The van der Waals surface area contributed by atoms with Crippen molar-refractivity contribution in [2.24, 2.45) is 5.92 Å². The number of hydrogen-bond acceptors (Lipinski definition) is 3. The molecule has 2 aromatic rings. The number of ether oxygens (including phenoxy) is 1. The molecule has 0 amide bonds. The second kappa shape index (κ2) is 5.48. The molecular formula is C19H20O3. The number of phenols is 1. The van der Waals surface area contributed by atoms with E-state index in [1.165, 1.54) is 0 Å². The maximum atomic E-state index is 12.0. The lowest BCUT2D eigenvalue weighted by Gasteiger charge is -2.26. The molecule has 1 unspecified atom stereocenters. The Balaban J connectivity index is 2.27. The van der Waals surface area contributed by atoms with Crippen molar-refractivity contribution >= 4 is 16.7 Å². The van der Waals surface area contributed by atoms with Crippen molar-refractivity contribution < 1.29 is 14.6 Å². The van der Waals surface area contributed by atoms with Gasteiger partial charge < -0.3 is 9.84 Å². The molecule has 0 saturated heterocycles. The average molecular weight is 296 g/mol. The first-order valence-electron chi connectivity index (χ1n) is 7.62. The van der Waals surface area contributed by atoms with Crippen LogP contribution in [-0.4, -0.2) is 11.1 Å². The molecule has 0 aliphatic heterocycles. The van der Waals surface area contributed by atoms with E-state index in [0.29, 0.717) is 23.0 Å². The fourth-order valence-electron chi connectivity index (χ4n) is 3.12. The lowest BCUT2D eigenvalue weighted by molar-refractivity contribution is -0.130. The minimum absolute atomic E-state index is 0.327. The van der Waals surface area contributed by atoms with E-state index < -0.39 is 5.97 Å². The van der Waals surface area contributed by atoms with Gasteiger partial charge in [-0.25, -0.2) is 4.79 Å². The van der Waals surface area contributed by atoms with Crippen LogP contribution in [0.15, 0.2) is 36.4 Å². The Morgan fingerprint density at radius 3 is 2.64 bits per heavy atom. The number of fused-ring (bicyclic) bond motifs is 2. The van der Waals surface area contributed by atoms with Crippen LogP contribution in [0.4, 0.5) is 0 Å². The molecule has 1 aliphatic carbocycles. The molecule has 0 spiro atoms. The van der Waals surface area contributed by atoms with Crippen LogP contribution in [0, 0.1) is 5.92 Å². The van der Waals surface area contributed by atoms with Gasteiger partial charge in [0.05, 0.1) is 0 Å². The number of rotatable bonds is 2. The molecule has 0 fully saturated rings. The summed E-state index contributed by atoms with van der Waals surface area (Å²) in [5, 5.41) is 12.1. The first kappa shape index (κ1) is 14.6. The van der Waals surface area contributed by atoms with Gasteiger partial charge in [0.2, 0.25) is 0 Å². The van der Waals surface area contributed by atoms with E-state index in [4.69, 9.17) is 4.74 Å². The second-order valence-corrected chi connectivity index (χ2v) is 6.20. The Morgan fingerprint density at radius 1 is 1.27 bits per heavy atom. The van der Waals surface area contributed by atoms with Crippen molar-refractivity contribution in [3.05, 3.63) is 47.5 Å². The molecule has 1 aliphatic rings. The summed E-state index contributed by atoms with van der Waals surface area (Å²) >= 11 is 0. The smallest absolute Gasteiger partial charge is 0.338 e. The predicted octanol–water partition coefficient (Wildman–Crippen LogP) is 4.15. The van der Waals surface area contributed by atoms with Gasteiger partial charge in [-0.15, -0.1) is 0 Å². The maximum absolute atomic E-state index is 12.0. The standard InChI is InChI=1S/C19H20O3/c1-11(2)19(21)22-18-15-7-5-4-6-13(15)17(20)14-9-8-12(3)10-16(14)18/h4-7,12,20H,1,8-10H2,2-3H3. The van der Waals surface area contributed by atoms with Gasteiger partial charge in [-0.2, -0.15) is 0 Å². The molecule has 0 bridgehead atoms. The lowest BCUT2D eigenvalue weighted by Crippen LogP contribution is -2.16. The Hall–Kier alpha value is -2.29. The average Bonchev–Trinajstić information content (AvgIpc) is 2.51. The highest BCUT2D eigenvalue weighted by Gasteiger charge is 2.26. The van der Waals surface area contributed by atoms with Crippen LogP contribution < -0.4 is 4.74 Å². The highest BCUT2D eigenvalue weighted by Crippen LogP contribution is 2.44. The van der Waals surface area contributed by atoms with Gasteiger partial charge in [-0.05, 0) is 32.1 Å². The first-order chi connectivity index (χ1) is 10.5. The highest BCUT2D eigenvalue weighted by atomic mass is 16.5. The Morgan fingerprint density at radius 2 is 1.95 bits per heavy atom. The van der Waals surface area contributed by atoms with E-state index in [2.05, 4.69) is 13.5 Å². The normalized spacial score (nSPS) is 17.1. The highest BCUT2D eigenvalue weighted by molar-refractivity contribution is 5.99. The van der Waals surface area contributed by atoms with Gasteiger partial charge in [-0.1, -0.05) is 37.8 Å². The topological polar surface area (TPSA) is 46.5 Å². The molecule has 0 heterocycles. The van der Waals surface area contributed by atoms with Gasteiger partial charge in [0.1, 0.15) is 11.5 Å². The van der Waals surface area contributed by atoms with E-state index in [9.17, 15) is 9.90 Å². The molecule has 1 N–H and O–H groups in total. The molecule has 0 saturated carbocycles. The Kier molecular flexibility index (Phi) is 3.65. The first-order valence-corrected chi connectivity index (χ1v) is 7.62. The number of carbonyl (C=O) groups is 1. The summed E-state index contributed by atoms with van der Waals surface area (Å²) in [7, 11) is 0. The molecule has 0 aromatic heterocycles. The monoisotopic (exact) mass is 296 g/mol. The number of hydrogen-bond donors (Lipinski definition) is 1. The van der Waals surface area contributed by atoms with Crippen LogP contribution in [0.3, 0.4) is 0 Å². The van der Waals surface area contributed by atoms with Crippen molar-refractivity contribution in [3.63, 3.8) is 0 Å². The van der Waals surface area contributed by atoms with E-state index in [1.54, 1.807) is 6.92 Å². The summed E-state index contributed by atoms with van der Waals surface area (Å²) < 4.78 is 5.64. The van der Waals surface area contributed by atoms with Crippen molar-refractivity contribution in [1.29, 1.82) is 0 Å². The zero-order valence-corrected chi connectivity index (χ0v) is 13.0.